The van der Waals surface area contributed by atoms with Crippen molar-refractivity contribution >= 4 is 11.8 Å². The van der Waals surface area contributed by atoms with E-state index in [9.17, 15) is 9.59 Å². The fraction of sp³-hybridized carbons (Fsp3) is 0.733. The highest BCUT2D eigenvalue weighted by molar-refractivity contribution is 6.05. The van der Waals surface area contributed by atoms with Gasteiger partial charge in [0.1, 0.15) is 0 Å². The predicted octanol–water partition coefficient (Wildman–Crippen LogP) is 3.43. The van der Waals surface area contributed by atoms with Crippen molar-refractivity contribution in [1.82, 2.24) is 0 Å². The molecule has 0 saturated heterocycles. The molecule has 102 valence electrons. The van der Waals surface area contributed by atoms with E-state index >= 15 is 0 Å². The smallest absolute Gasteiger partial charge is 0.334 e. The Morgan fingerprint density at radius 3 is 2.67 bits per heavy atom. The molecule has 0 radical (unpaired) electrons. The summed E-state index contributed by atoms with van der Waals surface area (Å²) in [5.74, 6) is -0.0792. The van der Waals surface area contributed by atoms with Crippen molar-refractivity contribution in [3.05, 3.63) is 11.1 Å². The summed E-state index contributed by atoms with van der Waals surface area (Å²) in [6.45, 7) is 6.24. The van der Waals surface area contributed by atoms with E-state index in [0.717, 1.165) is 37.7 Å². The first-order chi connectivity index (χ1) is 8.61. The van der Waals surface area contributed by atoms with Gasteiger partial charge in [-0.1, -0.05) is 26.7 Å². The lowest BCUT2D eigenvalue weighted by Gasteiger charge is -2.22. The van der Waals surface area contributed by atoms with Gasteiger partial charge in [-0.15, -0.1) is 0 Å². The Morgan fingerprint density at radius 2 is 2.06 bits per heavy atom. The maximum atomic E-state index is 12.2. The van der Waals surface area contributed by atoms with Gasteiger partial charge in [0.25, 0.3) is 0 Å². The predicted molar refractivity (Wildman–Crippen MR) is 71.2 cm³/mol. The highest BCUT2D eigenvalue weighted by Crippen LogP contribution is 2.30. The molecule has 1 rings (SSSR count). The van der Waals surface area contributed by atoms with Crippen molar-refractivity contribution in [1.29, 1.82) is 0 Å². The second-order valence-electron chi connectivity index (χ2n) is 4.94. The van der Waals surface area contributed by atoms with E-state index in [-0.39, 0.29) is 17.7 Å². The third kappa shape index (κ3) is 3.69. The lowest BCUT2D eigenvalue weighted by atomic mass is 9.81. The van der Waals surface area contributed by atoms with Gasteiger partial charge in [0.05, 0.1) is 6.61 Å². The summed E-state index contributed by atoms with van der Waals surface area (Å²) in [7, 11) is 0. The molecule has 1 aliphatic carbocycles. The fourth-order valence-electron chi connectivity index (χ4n) is 2.36. The molecule has 1 aliphatic rings. The Morgan fingerprint density at radius 1 is 1.33 bits per heavy atom. The molecule has 0 saturated carbocycles. The first-order valence-electron chi connectivity index (χ1n) is 7.05. The summed E-state index contributed by atoms with van der Waals surface area (Å²) < 4.78 is 5.05. The average molecular weight is 252 g/mol. The summed E-state index contributed by atoms with van der Waals surface area (Å²) in [5.41, 5.74) is 1.37. The van der Waals surface area contributed by atoms with Gasteiger partial charge >= 0.3 is 5.97 Å². The second-order valence-corrected chi connectivity index (χ2v) is 4.94. The van der Waals surface area contributed by atoms with Crippen LogP contribution in [0.3, 0.4) is 0 Å². The monoisotopic (exact) mass is 252 g/mol. The first kappa shape index (κ1) is 14.9. The largest absolute Gasteiger partial charge is 0.463 e. The number of unbranched alkanes of at least 4 members (excludes halogenated alkanes) is 2. The zero-order chi connectivity index (χ0) is 13.5. The fourth-order valence-corrected chi connectivity index (χ4v) is 2.36. The van der Waals surface area contributed by atoms with Crippen LogP contribution in [0.5, 0.6) is 0 Å². The maximum Gasteiger partial charge on any atom is 0.334 e. The molecule has 3 heteroatoms. The minimum atomic E-state index is -0.288. The lowest BCUT2D eigenvalue weighted by molar-refractivity contribution is -0.139. The van der Waals surface area contributed by atoms with Crippen molar-refractivity contribution < 1.29 is 14.3 Å². The molecule has 0 amide bonds. The van der Waals surface area contributed by atoms with Crippen molar-refractivity contribution in [2.75, 3.05) is 6.61 Å². The first-order valence-corrected chi connectivity index (χ1v) is 7.05. The molecule has 0 aromatic rings. The van der Waals surface area contributed by atoms with Gasteiger partial charge in [0.2, 0.25) is 0 Å². The minimum Gasteiger partial charge on any atom is -0.463 e. The van der Waals surface area contributed by atoms with Crippen LogP contribution in [-0.4, -0.2) is 18.4 Å². The molecule has 18 heavy (non-hydrogen) atoms. The molecule has 0 heterocycles. The number of hydrogen-bond acceptors (Lipinski definition) is 3. The summed E-state index contributed by atoms with van der Waals surface area (Å²) in [5, 5.41) is 0. The highest BCUT2D eigenvalue weighted by Gasteiger charge is 2.29. The highest BCUT2D eigenvalue weighted by atomic mass is 16.5. The molecule has 1 unspecified atom stereocenters. The van der Waals surface area contributed by atoms with Crippen LogP contribution in [0.4, 0.5) is 0 Å². The third-order valence-corrected chi connectivity index (χ3v) is 3.49. The van der Waals surface area contributed by atoms with E-state index < -0.39 is 0 Å². The summed E-state index contributed by atoms with van der Waals surface area (Å²) in [6.07, 6.45) is 5.38. The molecule has 3 nitrogen and oxygen atoms in total. The lowest BCUT2D eigenvalue weighted by Crippen LogP contribution is -2.24. The van der Waals surface area contributed by atoms with Crippen molar-refractivity contribution in [2.45, 2.75) is 59.3 Å². The van der Waals surface area contributed by atoms with Crippen molar-refractivity contribution in [3.8, 4) is 0 Å². The quantitative estimate of drug-likeness (QED) is 0.537. The topological polar surface area (TPSA) is 43.4 Å². The standard InChI is InChI=1S/C15H24O3/c1-4-6-7-8-12-13(15(17)18-5-2)10-9-11(3)14(12)16/h11H,4-10H2,1-3H3. The maximum absolute atomic E-state index is 12.2. The minimum absolute atomic E-state index is 0.0554. The van der Waals surface area contributed by atoms with Crippen LogP contribution in [-0.2, 0) is 14.3 Å². The zero-order valence-corrected chi connectivity index (χ0v) is 11.8. The van der Waals surface area contributed by atoms with Crippen molar-refractivity contribution in [3.63, 3.8) is 0 Å². The molecule has 0 bridgehead atoms. The van der Waals surface area contributed by atoms with Gasteiger partial charge in [-0.25, -0.2) is 4.79 Å². The van der Waals surface area contributed by atoms with Gasteiger partial charge in [-0.3, -0.25) is 4.79 Å². The molecule has 0 aliphatic heterocycles. The Kier molecular flexibility index (Phi) is 6.10. The van der Waals surface area contributed by atoms with Gasteiger partial charge in [0.15, 0.2) is 5.78 Å². The van der Waals surface area contributed by atoms with Crippen LogP contribution in [0.2, 0.25) is 0 Å². The van der Waals surface area contributed by atoms with E-state index in [1.54, 1.807) is 6.92 Å². The number of Topliss-reactive ketones (excluding diaryl/α,β-unsaturated/α-hetero) is 1. The van der Waals surface area contributed by atoms with E-state index in [4.69, 9.17) is 4.74 Å². The second kappa shape index (κ2) is 7.34. The number of ether oxygens (including phenoxy) is 1. The number of carbonyl (C=O) groups excluding carboxylic acids is 2. The van der Waals surface area contributed by atoms with Crippen LogP contribution in [0, 0.1) is 5.92 Å². The Labute approximate surface area is 110 Å². The number of hydrogen-bond donors (Lipinski definition) is 0. The van der Waals surface area contributed by atoms with Crippen molar-refractivity contribution in [2.24, 2.45) is 5.92 Å². The summed E-state index contributed by atoms with van der Waals surface area (Å²) in [6, 6.07) is 0. The van der Waals surface area contributed by atoms with Crippen LogP contribution < -0.4 is 0 Å². The number of carbonyl (C=O) groups is 2. The van der Waals surface area contributed by atoms with Crippen LogP contribution in [0.1, 0.15) is 59.3 Å². The molecule has 0 N–H and O–H groups in total. The number of allylic oxidation sites excluding steroid dienone is 1. The molecule has 0 fully saturated rings. The van der Waals surface area contributed by atoms with Gasteiger partial charge in [-0.05, 0) is 32.6 Å². The Bertz CT molecular complexity index is 342. The van der Waals surface area contributed by atoms with Crippen LogP contribution in [0.25, 0.3) is 0 Å². The third-order valence-electron chi connectivity index (χ3n) is 3.49. The SMILES string of the molecule is CCCCCC1=C(C(=O)OCC)CCC(C)C1=O. The summed E-state index contributed by atoms with van der Waals surface area (Å²) in [4.78, 5) is 24.0. The normalized spacial score (nSPS) is 20.2. The summed E-state index contributed by atoms with van der Waals surface area (Å²) >= 11 is 0. The molecule has 0 aromatic carbocycles. The Hall–Kier alpha value is -1.12. The van der Waals surface area contributed by atoms with Crippen LogP contribution >= 0.6 is 0 Å². The van der Waals surface area contributed by atoms with Gasteiger partial charge in [-0.2, -0.15) is 0 Å². The van der Waals surface area contributed by atoms with Crippen LogP contribution in [0.15, 0.2) is 11.1 Å². The molecule has 0 spiro atoms. The van der Waals surface area contributed by atoms with E-state index in [1.807, 2.05) is 6.92 Å². The zero-order valence-electron chi connectivity index (χ0n) is 11.8. The molecule has 1 atom stereocenters. The number of rotatable bonds is 6. The Balaban J connectivity index is 2.86. The molecule has 0 aromatic heterocycles. The number of ketones is 1. The number of esters is 1. The van der Waals surface area contributed by atoms with E-state index in [0.29, 0.717) is 18.6 Å². The molecular weight excluding hydrogens is 228 g/mol. The molecular formula is C15H24O3. The van der Waals surface area contributed by atoms with Gasteiger partial charge in [0, 0.05) is 17.1 Å². The van der Waals surface area contributed by atoms with E-state index in [2.05, 4.69) is 6.92 Å². The average Bonchev–Trinajstić information content (AvgIpc) is 2.35. The van der Waals surface area contributed by atoms with Gasteiger partial charge < -0.3 is 4.74 Å². The van der Waals surface area contributed by atoms with E-state index in [1.165, 1.54) is 0 Å².